The fourth-order valence-corrected chi connectivity index (χ4v) is 2.83. The summed E-state index contributed by atoms with van der Waals surface area (Å²) in [6.07, 6.45) is 3.86. The summed E-state index contributed by atoms with van der Waals surface area (Å²) in [6, 6.07) is 0. The summed E-state index contributed by atoms with van der Waals surface area (Å²) in [5.41, 5.74) is -0.00907. The van der Waals surface area contributed by atoms with Gasteiger partial charge in [0.05, 0.1) is 18.3 Å². The molecule has 20 heavy (non-hydrogen) atoms. The first-order valence-electron chi connectivity index (χ1n) is 7.46. The number of carbonyl (C=O) groups excluding carboxylic acids is 1. The van der Waals surface area contributed by atoms with Crippen LogP contribution in [0.15, 0.2) is 0 Å². The lowest BCUT2D eigenvalue weighted by molar-refractivity contribution is -0.127. The molecule has 0 aromatic heterocycles. The summed E-state index contributed by atoms with van der Waals surface area (Å²) in [4.78, 5) is 11.6. The van der Waals surface area contributed by atoms with E-state index in [1.165, 1.54) is 0 Å². The summed E-state index contributed by atoms with van der Waals surface area (Å²) >= 11 is 0. The largest absolute Gasteiger partial charge is 0.385 e. The fraction of sp³-hybridized carbons (Fsp3) is 0.929. The van der Waals surface area contributed by atoms with Gasteiger partial charge in [0, 0.05) is 26.7 Å². The molecule has 1 amide bonds. The maximum absolute atomic E-state index is 11.6. The topological polar surface area (TPSA) is 68.8 Å². The van der Waals surface area contributed by atoms with Crippen LogP contribution < -0.4 is 10.6 Å². The van der Waals surface area contributed by atoms with Crippen molar-refractivity contribution in [3.8, 4) is 0 Å². The van der Waals surface area contributed by atoms with E-state index in [9.17, 15) is 4.79 Å². The second kappa shape index (κ2) is 7.93. The summed E-state index contributed by atoms with van der Waals surface area (Å²) in [5, 5.41) is 6.16. The predicted molar refractivity (Wildman–Crippen MR) is 74.6 cm³/mol. The van der Waals surface area contributed by atoms with Crippen LogP contribution in [0.2, 0.25) is 0 Å². The van der Waals surface area contributed by atoms with Gasteiger partial charge in [0.25, 0.3) is 0 Å². The molecule has 2 heterocycles. The van der Waals surface area contributed by atoms with Crippen molar-refractivity contribution in [3.05, 3.63) is 0 Å². The Hall–Kier alpha value is -0.690. The van der Waals surface area contributed by atoms with Crippen molar-refractivity contribution < 1.29 is 19.0 Å². The minimum absolute atomic E-state index is 0.00907. The highest BCUT2D eigenvalue weighted by molar-refractivity contribution is 5.77. The quantitative estimate of drug-likeness (QED) is 0.648. The number of carbonyl (C=O) groups is 1. The highest BCUT2D eigenvalue weighted by atomic mass is 16.6. The Labute approximate surface area is 120 Å². The van der Waals surface area contributed by atoms with Crippen LogP contribution in [0.25, 0.3) is 0 Å². The molecular weight excluding hydrogens is 260 g/mol. The van der Waals surface area contributed by atoms with E-state index < -0.39 is 0 Å². The van der Waals surface area contributed by atoms with Crippen LogP contribution >= 0.6 is 0 Å². The van der Waals surface area contributed by atoms with Gasteiger partial charge in [-0.25, -0.2) is 0 Å². The van der Waals surface area contributed by atoms with Crippen LogP contribution in [0.3, 0.4) is 0 Å². The molecule has 2 N–H and O–H groups in total. The monoisotopic (exact) mass is 286 g/mol. The lowest BCUT2D eigenvalue weighted by Crippen LogP contribution is -2.41. The van der Waals surface area contributed by atoms with Crippen LogP contribution in [0, 0.1) is 0 Å². The molecule has 2 saturated heterocycles. The van der Waals surface area contributed by atoms with Gasteiger partial charge in [0.1, 0.15) is 6.61 Å². The Morgan fingerprint density at radius 3 is 3.00 bits per heavy atom. The molecule has 0 radical (unpaired) electrons. The third kappa shape index (κ3) is 4.70. The molecule has 0 aliphatic carbocycles. The maximum Gasteiger partial charge on any atom is 0.246 e. The van der Waals surface area contributed by atoms with E-state index in [-0.39, 0.29) is 24.2 Å². The van der Waals surface area contributed by atoms with E-state index in [4.69, 9.17) is 14.2 Å². The van der Waals surface area contributed by atoms with Crippen molar-refractivity contribution in [2.45, 2.75) is 37.4 Å². The second-order valence-corrected chi connectivity index (χ2v) is 5.58. The van der Waals surface area contributed by atoms with Gasteiger partial charge < -0.3 is 24.8 Å². The van der Waals surface area contributed by atoms with Crippen LogP contribution in [0.4, 0.5) is 0 Å². The SMILES string of the molecule is COCCCNC(=O)COC1COC2(CCNCC2)C1. The smallest absolute Gasteiger partial charge is 0.246 e. The Balaban J connectivity index is 1.59. The number of piperidine rings is 1. The Kier molecular flexibility index (Phi) is 6.22. The number of rotatable bonds is 7. The zero-order chi connectivity index (χ0) is 14.3. The number of methoxy groups -OCH3 is 1. The van der Waals surface area contributed by atoms with Gasteiger partial charge in [-0.2, -0.15) is 0 Å². The van der Waals surface area contributed by atoms with Crippen molar-refractivity contribution in [3.63, 3.8) is 0 Å². The highest BCUT2D eigenvalue weighted by Gasteiger charge is 2.41. The van der Waals surface area contributed by atoms with Crippen molar-refractivity contribution in [1.82, 2.24) is 10.6 Å². The zero-order valence-electron chi connectivity index (χ0n) is 12.3. The van der Waals surface area contributed by atoms with Crippen LogP contribution in [-0.2, 0) is 19.0 Å². The minimum Gasteiger partial charge on any atom is -0.385 e. The Morgan fingerprint density at radius 1 is 1.45 bits per heavy atom. The van der Waals surface area contributed by atoms with E-state index >= 15 is 0 Å². The molecule has 0 aromatic rings. The number of hydrogen-bond acceptors (Lipinski definition) is 5. The lowest BCUT2D eigenvalue weighted by Gasteiger charge is -2.32. The first-order chi connectivity index (χ1) is 9.74. The van der Waals surface area contributed by atoms with Gasteiger partial charge in [-0.05, 0) is 32.4 Å². The van der Waals surface area contributed by atoms with Crippen molar-refractivity contribution in [2.75, 3.05) is 46.6 Å². The predicted octanol–water partition coefficient (Wildman–Crippen LogP) is 0.0668. The third-order valence-electron chi connectivity index (χ3n) is 3.99. The summed E-state index contributed by atoms with van der Waals surface area (Å²) in [6.45, 7) is 4.03. The average molecular weight is 286 g/mol. The maximum atomic E-state index is 11.6. The average Bonchev–Trinajstić information content (AvgIpc) is 2.85. The molecule has 0 aromatic carbocycles. The molecule has 6 nitrogen and oxygen atoms in total. The van der Waals surface area contributed by atoms with Crippen molar-refractivity contribution in [1.29, 1.82) is 0 Å². The summed E-state index contributed by atoms with van der Waals surface area (Å²) < 4.78 is 16.5. The standard InChI is InChI=1S/C14H26N2O4/c1-18-8-2-5-16-13(17)11-19-12-9-14(20-10-12)3-6-15-7-4-14/h12,15H,2-11H2,1H3,(H,16,17). The molecule has 0 bridgehead atoms. The molecule has 2 fully saturated rings. The summed E-state index contributed by atoms with van der Waals surface area (Å²) in [5.74, 6) is -0.0626. The first-order valence-corrected chi connectivity index (χ1v) is 7.46. The van der Waals surface area contributed by atoms with Gasteiger partial charge in [-0.3, -0.25) is 4.79 Å². The van der Waals surface area contributed by atoms with Gasteiger partial charge >= 0.3 is 0 Å². The molecule has 1 spiro atoms. The minimum atomic E-state index is -0.0626. The molecule has 1 atom stereocenters. The van der Waals surface area contributed by atoms with E-state index in [0.29, 0.717) is 19.8 Å². The molecule has 1 unspecified atom stereocenters. The summed E-state index contributed by atoms with van der Waals surface area (Å²) in [7, 11) is 1.65. The molecule has 116 valence electrons. The first kappa shape index (κ1) is 15.7. The van der Waals surface area contributed by atoms with Gasteiger partial charge in [0.15, 0.2) is 0 Å². The fourth-order valence-electron chi connectivity index (χ4n) is 2.83. The number of ether oxygens (including phenoxy) is 3. The van der Waals surface area contributed by atoms with E-state index in [1.807, 2.05) is 0 Å². The molecular formula is C14H26N2O4. The molecule has 2 aliphatic rings. The Morgan fingerprint density at radius 2 is 2.25 bits per heavy atom. The van der Waals surface area contributed by atoms with Crippen LogP contribution in [0.1, 0.15) is 25.7 Å². The van der Waals surface area contributed by atoms with Gasteiger partial charge in [0.2, 0.25) is 5.91 Å². The second-order valence-electron chi connectivity index (χ2n) is 5.58. The molecule has 2 rings (SSSR count). The van der Waals surface area contributed by atoms with Crippen molar-refractivity contribution >= 4 is 5.91 Å². The number of nitrogens with one attached hydrogen (secondary N) is 2. The van der Waals surface area contributed by atoms with Gasteiger partial charge in [-0.1, -0.05) is 0 Å². The molecule has 0 saturated carbocycles. The lowest BCUT2D eigenvalue weighted by atomic mass is 9.89. The number of amides is 1. The normalized spacial score (nSPS) is 24.9. The van der Waals surface area contributed by atoms with Gasteiger partial charge in [-0.15, -0.1) is 0 Å². The third-order valence-corrected chi connectivity index (χ3v) is 3.99. The highest BCUT2D eigenvalue weighted by Crippen LogP contribution is 2.34. The zero-order valence-corrected chi connectivity index (χ0v) is 12.3. The molecule has 6 heteroatoms. The van der Waals surface area contributed by atoms with Crippen LogP contribution in [-0.4, -0.2) is 64.2 Å². The van der Waals surface area contributed by atoms with E-state index in [2.05, 4.69) is 10.6 Å². The number of hydrogen-bond donors (Lipinski definition) is 2. The molecule has 2 aliphatic heterocycles. The van der Waals surface area contributed by atoms with Crippen molar-refractivity contribution in [2.24, 2.45) is 0 Å². The Bertz CT molecular complexity index is 306. The van der Waals surface area contributed by atoms with E-state index in [1.54, 1.807) is 7.11 Å². The van der Waals surface area contributed by atoms with E-state index in [0.717, 1.165) is 38.8 Å². The van der Waals surface area contributed by atoms with Crippen LogP contribution in [0.5, 0.6) is 0 Å².